The van der Waals surface area contributed by atoms with Crippen LogP contribution in [0.5, 0.6) is 0 Å². The molecule has 2 heterocycles. The molecule has 0 amide bonds. The molecule has 0 bridgehead atoms. The SMILES string of the molecule is COC(=O)c1ccc[n+]2c1SC(c1ccccc1)C2c1ccccc1.[Cl-]. The second-order valence-electron chi connectivity index (χ2n) is 5.93. The van der Waals surface area contributed by atoms with E-state index in [1.165, 1.54) is 18.2 Å². The Bertz CT molecular complexity index is 902. The molecule has 3 nitrogen and oxygen atoms in total. The van der Waals surface area contributed by atoms with Crippen molar-refractivity contribution in [2.45, 2.75) is 16.3 Å². The van der Waals surface area contributed by atoms with Gasteiger partial charge in [0.15, 0.2) is 6.20 Å². The maximum Gasteiger partial charge on any atom is 0.345 e. The van der Waals surface area contributed by atoms with Crippen molar-refractivity contribution in [3.63, 3.8) is 0 Å². The van der Waals surface area contributed by atoms with E-state index in [1.54, 1.807) is 11.8 Å². The molecule has 4 rings (SSSR count). The number of hydrogen-bond donors (Lipinski definition) is 0. The number of fused-ring (bicyclic) bond motifs is 1. The van der Waals surface area contributed by atoms with Gasteiger partial charge in [-0.2, -0.15) is 4.57 Å². The van der Waals surface area contributed by atoms with Gasteiger partial charge >= 0.3 is 5.97 Å². The molecular weight excluding hydrogens is 366 g/mol. The molecule has 132 valence electrons. The van der Waals surface area contributed by atoms with Crippen LogP contribution in [0, 0.1) is 0 Å². The Morgan fingerprint density at radius 1 is 0.923 bits per heavy atom. The quantitative estimate of drug-likeness (QED) is 0.503. The lowest BCUT2D eigenvalue weighted by molar-refractivity contribution is -0.742. The standard InChI is InChI=1S/C21H18NO2S.ClH/c1-24-21(23)17-13-8-14-22-18(15-9-4-2-5-10-15)19(25-20(17)22)16-11-6-3-7-12-16;/h2-14,18-19H,1H3;1H/q+1;/p-1. The molecule has 26 heavy (non-hydrogen) atoms. The van der Waals surface area contributed by atoms with Crippen LogP contribution in [0.2, 0.25) is 0 Å². The van der Waals surface area contributed by atoms with Crippen LogP contribution in [0.3, 0.4) is 0 Å². The summed E-state index contributed by atoms with van der Waals surface area (Å²) in [5, 5.41) is 1.16. The molecule has 0 aliphatic carbocycles. The van der Waals surface area contributed by atoms with Gasteiger partial charge in [-0.25, -0.2) is 4.79 Å². The number of carbonyl (C=O) groups is 1. The number of aromatic nitrogens is 1. The van der Waals surface area contributed by atoms with Crippen LogP contribution < -0.4 is 17.0 Å². The van der Waals surface area contributed by atoms with Gasteiger partial charge in [-0.3, -0.25) is 0 Å². The maximum absolute atomic E-state index is 12.2. The second-order valence-corrected chi connectivity index (χ2v) is 7.06. The Morgan fingerprint density at radius 2 is 1.54 bits per heavy atom. The second kappa shape index (κ2) is 7.94. The lowest BCUT2D eigenvalue weighted by Crippen LogP contribution is -3.00. The first kappa shape index (κ1) is 18.5. The minimum absolute atomic E-state index is 0. The number of ether oxygens (including phenoxy) is 1. The summed E-state index contributed by atoms with van der Waals surface area (Å²) in [6.07, 6.45) is 2.05. The van der Waals surface area contributed by atoms with E-state index in [0.717, 1.165) is 5.03 Å². The van der Waals surface area contributed by atoms with Gasteiger partial charge in [0.05, 0.1) is 7.11 Å². The third-order valence-electron chi connectivity index (χ3n) is 4.47. The predicted molar refractivity (Wildman–Crippen MR) is 97.6 cm³/mol. The Labute approximate surface area is 163 Å². The highest BCUT2D eigenvalue weighted by Crippen LogP contribution is 2.49. The molecule has 2 atom stereocenters. The molecule has 3 aromatic rings. The minimum atomic E-state index is -0.294. The van der Waals surface area contributed by atoms with Crippen molar-refractivity contribution in [3.05, 3.63) is 95.7 Å². The third kappa shape index (κ3) is 3.22. The number of esters is 1. The number of halogens is 1. The Kier molecular flexibility index (Phi) is 5.64. The molecule has 0 fully saturated rings. The summed E-state index contributed by atoms with van der Waals surface area (Å²) in [6.45, 7) is 0. The summed E-state index contributed by atoms with van der Waals surface area (Å²) in [5.41, 5.74) is 3.10. The van der Waals surface area contributed by atoms with E-state index in [0.29, 0.717) is 5.56 Å². The summed E-state index contributed by atoms with van der Waals surface area (Å²) in [6, 6.07) is 24.8. The van der Waals surface area contributed by atoms with Crippen molar-refractivity contribution in [3.8, 4) is 0 Å². The van der Waals surface area contributed by atoms with Crippen LogP contribution in [0.4, 0.5) is 0 Å². The van der Waals surface area contributed by atoms with Crippen molar-refractivity contribution in [1.82, 2.24) is 0 Å². The largest absolute Gasteiger partial charge is 1.00 e. The van der Waals surface area contributed by atoms with Gasteiger partial charge in [0.25, 0.3) is 5.03 Å². The first-order valence-electron chi connectivity index (χ1n) is 8.18. The normalized spacial score (nSPS) is 17.9. The van der Waals surface area contributed by atoms with Gasteiger partial charge < -0.3 is 17.1 Å². The fourth-order valence-electron chi connectivity index (χ4n) is 3.33. The fraction of sp³-hybridized carbons (Fsp3) is 0.143. The molecule has 2 aromatic carbocycles. The average molecular weight is 384 g/mol. The lowest BCUT2D eigenvalue weighted by Gasteiger charge is -2.15. The summed E-state index contributed by atoms with van der Waals surface area (Å²) in [7, 11) is 1.43. The third-order valence-corrected chi connectivity index (χ3v) is 5.91. The summed E-state index contributed by atoms with van der Waals surface area (Å²) in [5.74, 6) is -0.294. The van der Waals surface area contributed by atoms with E-state index in [9.17, 15) is 4.79 Å². The molecule has 1 aliphatic heterocycles. The minimum Gasteiger partial charge on any atom is -1.00 e. The molecular formula is C21H18ClNO2S. The van der Waals surface area contributed by atoms with Gasteiger partial charge in [-0.1, -0.05) is 60.7 Å². The fourth-order valence-corrected chi connectivity index (χ4v) is 4.85. The number of nitrogens with zero attached hydrogens (tertiary/aromatic N) is 1. The van der Waals surface area contributed by atoms with E-state index >= 15 is 0 Å². The van der Waals surface area contributed by atoms with E-state index < -0.39 is 0 Å². The van der Waals surface area contributed by atoms with Crippen LogP contribution in [0.15, 0.2) is 84.0 Å². The van der Waals surface area contributed by atoms with E-state index in [2.05, 4.69) is 59.3 Å². The summed E-state index contributed by atoms with van der Waals surface area (Å²) >= 11 is 1.72. The number of methoxy groups -OCH3 is 1. The highest BCUT2D eigenvalue weighted by atomic mass is 35.5. The molecule has 1 aromatic heterocycles. The molecule has 0 N–H and O–H groups in total. The zero-order valence-electron chi connectivity index (χ0n) is 14.2. The van der Waals surface area contributed by atoms with E-state index in [4.69, 9.17) is 4.74 Å². The summed E-state index contributed by atoms with van der Waals surface area (Å²) < 4.78 is 7.18. The summed E-state index contributed by atoms with van der Waals surface area (Å²) in [4.78, 5) is 12.2. The first-order chi connectivity index (χ1) is 12.3. The highest BCUT2D eigenvalue weighted by Gasteiger charge is 2.45. The molecule has 0 saturated heterocycles. The number of hydrogen-bond acceptors (Lipinski definition) is 3. The number of benzene rings is 2. The molecule has 1 aliphatic rings. The van der Waals surface area contributed by atoms with Gasteiger partial charge in [-0.15, -0.1) is 0 Å². The highest BCUT2D eigenvalue weighted by molar-refractivity contribution is 7.99. The van der Waals surface area contributed by atoms with Crippen LogP contribution in [-0.4, -0.2) is 13.1 Å². The molecule has 0 spiro atoms. The van der Waals surface area contributed by atoms with Crippen LogP contribution >= 0.6 is 11.8 Å². The van der Waals surface area contributed by atoms with Crippen molar-refractivity contribution in [1.29, 1.82) is 0 Å². The van der Waals surface area contributed by atoms with Crippen molar-refractivity contribution >= 4 is 17.7 Å². The zero-order valence-corrected chi connectivity index (χ0v) is 15.8. The number of thioether (sulfide) groups is 1. The Hall–Kier alpha value is -2.30. The van der Waals surface area contributed by atoms with Gasteiger partial charge in [0.2, 0.25) is 6.04 Å². The Morgan fingerprint density at radius 3 is 2.15 bits per heavy atom. The average Bonchev–Trinajstić information content (AvgIpc) is 3.08. The smallest absolute Gasteiger partial charge is 0.345 e. The van der Waals surface area contributed by atoms with Crippen LogP contribution in [0.25, 0.3) is 0 Å². The van der Waals surface area contributed by atoms with E-state index in [-0.39, 0.29) is 29.7 Å². The Balaban J connectivity index is 0.00000196. The predicted octanol–water partition coefficient (Wildman–Crippen LogP) is 1.20. The van der Waals surface area contributed by atoms with Crippen molar-refractivity contribution < 1.29 is 26.5 Å². The van der Waals surface area contributed by atoms with Gasteiger partial charge in [0.1, 0.15) is 10.8 Å². The zero-order chi connectivity index (χ0) is 17.2. The number of carbonyl (C=O) groups excluding carboxylic acids is 1. The van der Waals surface area contributed by atoms with E-state index in [1.807, 2.05) is 24.3 Å². The monoisotopic (exact) mass is 383 g/mol. The van der Waals surface area contributed by atoms with Crippen LogP contribution in [-0.2, 0) is 4.74 Å². The lowest BCUT2D eigenvalue weighted by atomic mass is 9.98. The molecule has 0 saturated carbocycles. The molecule has 5 heteroatoms. The molecule has 0 radical (unpaired) electrons. The maximum atomic E-state index is 12.2. The number of pyridine rings is 1. The molecule has 2 unspecified atom stereocenters. The first-order valence-corrected chi connectivity index (χ1v) is 9.06. The number of rotatable bonds is 3. The van der Waals surface area contributed by atoms with Gasteiger partial charge in [-0.05, 0) is 23.4 Å². The topological polar surface area (TPSA) is 30.2 Å². The van der Waals surface area contributed by atoms with Gasteiger partial charge in [0, 0.05) is 11.6 Å². The van der Waals surface area contributed by atoms with Crippen molar-refractivity contribution in [2.75, 3.05) is 7.11 Å². The van der Waals surface area contributed by atoms with Crippen LogP contribution in [0.1, 0.15) is 32.8 Å². The van der Waals surface area contributed by atoms with Crippen molar-refractivity contribution in [2.24, 2.45) is 0 Å².